The summed E-state index contributed by atoms with van der Waals surface area (Å²) in [7, 11) is 0. The van der Waals surface area contributed by atoms with Gasteiger partial charge in [-0.1, -0.05) is 11.3 Å². The second kappa shape index (κ2) is 6.82. The number of hydrogen-bond donors (Lipinski definition) is 2. The first kappa shape index (κ1) is 17.4. The van der Waals surface area contributed by atoms with E-state index in [4.69, 9.17) is 4.74 Å². The van der Waals surface area contributed by atoms with Crippen LogP contribution >= 0.6 is 11.3 Å². The van der Waals surface area contributed by atoms with Gasteiger partial charge in [0, 0.05) is 5.56 Å². The number of fused-ring (bicyclic) bond motifs is 1. The van der Waals surface area contributed by atoms with Crippen LogP contribution in [0, 0.1) is 5.82 Å². The predicted octanol–water partition coefficient (Wildman–Crippen LogP) is 3.73. The molecule has 3 rings (SSSR count). The van der Waals surface area contributed by atoms with Crippen molar-refractivity contribution < 1.29 is 27.1 Å². The maximum atomic E-state index is 13.5. The molecule has 2 N–H and O–H groups in total. The third-order valence-electron chi connectivity index (χ3n) is 3.44. The van der Waals surface area contributed by atoms with E-state index in [1.165, 1.54) is 18.2 Å². The number of alkyl halides is 3. The van der Waals surface area contributed by atoms with Gasteiger partial charge in [-0.15, -0.1) is 10.2 Å². The Bertz CT molecular complexity index is 780. The molecule has 2 aromatic rings. The third-order valence-corrected chi connectivity index (χ3v) is 4.32. The smallest absolute Gasteiger partial charge is 0.445 e. The van der Waals surface area contributed by atoms with Gasteiger partial charge in [0.05, 0.1) is 12.6 Å². The molecule has 0 saturated heterocycles. The number of nitrogens with one attached hydrogen (secondary N) is 2. The van der Waals surface area contributed by atoms with Crippen LogP contribution in [0.4, 0.5) is 27.5 Å². The molecular formula is C14H12F4N4O2S. The fourth-order valence-corrected chi connectivity index (χ4v) is 2.98. The number of aromatic nitrogens is 2. The van der Waals surface area contributed by atoms with Crippen molar-refractivity contribution >= 4 is 22.5 Å². The largest absolute Gasteiger partial charge is 0.493 e. The Morgan fingerprint density at radius 1 is 1.32 bits per heavy atom. The van der Waals surface area contributed by atoms with Crippen molar-refractivity contribution in [2.45, 2.75) is 25.1 Å². The first-order chi connectivity index (χ1) is 11.8. The second-order valence-electron chi connectivity index (χ2n) is 5.23. The molecule has 1 aromatic carbocycles. The molecular weight excluding hydrogens is 364 g/mol. The molecule has 2 heterocycles. The zero-order chi connectivity index (χ0) is 18.0. The van der Waals surface area contributed by atoms with Crippen LogP contribution in [0.2, 0.25) is 0 Å². The van der Waals surface area contributed by atoms with Crippen LogP contribution < -0.4 is 15.4 Å². The SMILES string of the molecule is O=C(Nc1nnc(C(F)(F)F)s1)N[C@H]1CCCOc2ccc(F)cc21. The molecule has 25 heavy (non-hydrogen) atoms. The summed E-state index contributed by atoms with van der Waals surface area (Å²) in [4.78, 5) is 12.0. The number of amides is 2. The van der Waals surface area contributed by atoms with Crippen molar-refractivity contribution in [2.75, 3.05) is 11.9 Å². The lowest BCUT2D eigenvalue weighted by atomic mass is 10.0. The third kappa shape index (κ3) is 4.16. The van der Waals surface area contributed by atoms with Gasteiger partial charge in [-0.3, -0.25) is 5.32 Å². The molecule has 0 aliphatic carbocycles. The molecule has 1 aromatic heterocycles. The first-order valence-electron chi connectivity index (χ1n) is 7.23. The number of anilines is 1. The number of carbonyl (C=O) groups is 1. The Morgan fingerprint density at radius 3 is 2.84 bits per heavy atom. The van der Waals surface area contributed by atoms with Crippen LogP contribution in [-0.2, 0) is 6.18 Å². The number of halogens is 4. The summed E-state index contributed by atoms with van der Waals surface area (Å²) < 4.78 is 56.5. The fourth-order valence-electron chi connectivity index (χ4n) is 2.38. The van der Waals surface area contributed by atoms with Crippen molar-refractivity contribution in [1.82, 2.24) is 15.5 Å². The van der Waals surface area contributed by atoms with E-state index in [1.807, 2.05) is 0 Å². The van der Waals surface area contributed by atoms with E-state index in [9.17, 15) is 22.4 Å². The number of carbonyl (C=O) groups excluding carboxylic acids is 1. The highest BCUT2D eigenvalue weighted by Crippen LogP contribution is 2.34. The molecule has 0 saturated carbocycles. The highest BCUT2D eigenvalue weighted by Gasteiger charge is 2.36. The van der Waals surface area contributed by atoms with Crippen molar-refractivity contribution in [3.63, 3.8) is 0 Å². The van der Waals surface area contributed by atoms with E-state index < -0.39 is 29.1 Å². The molecule has 2 amide bonds. The first-order valence-corrected chi connectivity index (χ1v) is 8.05. The molecule has 11 heteroatoms. The highest BCUT2D eigenvalue weighted by molar-refractivity contribution is 7.15. The normalized spacial score (nSPS) is 17.2. The number of ether oxygens (including phenoxy) is 1. The minimum atomic E-state index is -4.62. The standard InChI is InChI=1S/C14H12F4N4O2S/c15-7-3-4-10-8(6-7)9(2-1-5-24-10)19-12(23)20-13-22-21-11(25-13)14(16,17)18/h3-4,6,9H,1-2,5H2,(H2,19,20,22,23)/t9-/m0/s1. The van der Waals surface area contributed by atoms with Gasteiger partial charge in [-0.05, 0) is 31.0 Å². The molecule has 0 unspecified atom stereocenters. The van der Waals surface area contributed by atoms with Crippen molar-refractivity contribution in [2.24, 2.45) is 0 Å². The lowest BCUT2D eigenvalue weighted by Crippen LogP contribution is -2.32. The van der Waals surface area contributed by atoms with Gasteiger partial charge < -0.3 is 10.1 Å². The van der Waals surface area contributed by atoms with E-state index in [0.717, 1.165) is 0 Å². The van der Waals surface area contributed by atoms with Crippen LogP contribution in [0.3, 0.4) is 0 Å². The summed E-state index contributed by atoms with van der Waals surface area (Å²) in [5.74, 6) is -0.0186. The highest BCUT2D eigenvalue weighted by atomic mass is 32.1. The number of nitrogens with zero attached hydrogens (tertiary/aromatic N) is 2. The monoisotopic (exact) mass is 376 g/mol. The maximum Gasteiger partial charge on any atom is 0.445 e. The van der Waals surface area contributed by atoms with Gasteiger partial charge in [0.25, 0.3) is 0 Å². The summed E-state index contributed by atoms with van der Waals surface area (Å²) in [6, 6.07) is 2.69. The maximum absolute atomic E-state index is 13.5. The van der Waals surface area contributed by atoms with Crippen LogP contribution in [0.15, 0.2) is 18.2 Å². The zero-order valence-electron chi connectivity index (χ0n) is 12.6. The second-order valence-corrected chi connectivity index (χ2v) is 6.21. The van der Waals surface area contributed by atoms with E-state index in [0.29, 0.717) is 30.8 Å². The van der Waals surface area contributed by atoms with Crippen LogP contribution in [0.5, 0.6) is 5.75 Å². The number of benzene rings is 1. The lowest BCUT2D eigenvalue weighted by Gasteiger charge is -2.18. The number of urea groups is 1. The van der Waals surface area contributed by atoms with Crippen molar-refractivity contribution in [3.05, 3.63) is 34.6 Å². The van der Waals surface area contributed by atoms with Crippen LogP contribution in [0.1, 0.15) is 29.5 Å². The summed E-state index contributed by atoms with van der Waals surface area (Å²) in [5.41, 5.74) is 0.473. The summed E-state index contributed by atoms with van der Waals surface area (Å²) >= 11 is 0.218. The minimum Gasteiger partial charge on any atom is -0.493 e. The van der Waals surface area contributed by atoms with Gasteiger partial charge in [0.2, 0.25) is 10.1 Å². The average molecular weight is 376 g/mol. The summed E-state index contributed by atoms with van der Waals surface area (Å²) in [6.07, 6.45) is -3.50. The Labute approximate surface area is 143 Å². The van der Waals surface area contributed by atoms with Gasteiger partial charge >= 0.3 is 12.2 Å². The van der Waals surface area contributed by atoms with E-state index in [1.54, 1.807) is 0 Å². The topological polar surface area (TPSA) is 76.1 Å². The quantitative estimate of drug-likeness (QED) is 0.783. The molecule has 1 aliphatic heterocycles. The molecule has 0 radical (unpaired) electrons. The van der Waals surface area contributed by atoms with Crippen molar-refractivity contribution in [1.29, 1.82) is 0 Å². The molecule has 0 bridgehead atoms. The molecule has 1 aliphatic rings. The van der Waals surface area contributed by atoms with E-state index in [-0.39, 0.29) is 16.5 Å². The Kier molecular flexibility index (Phi) is 4.75. The van der Waals surface area contributed by atoms with E-state index in [2.05, 4.69) is 20.8 Å². The molecule has 134 valence electrons. The Morgan fingerprint density at radius 2 is 2.12 bits per heavy atom. The molecule has 6 nitrogen and oxygen atoms in total. The van der Waals surface area contributed by atoms with E-state index >= 15 is 0 Å². The zero-order valence-corrected chi connectivity index (χ0v) is 13.4. The fraction of sp³-hybridized carbons (Fsp3) is 0.357. The Balaban J connectivity index is 1.71. The van der Waals surface area contributed by atoms with Crippen LogP contribution in [0.25, 0.3) is 0 Å². The number of rotatable bonds is 2. The van der Waals surface area contributed by atoms with Crippen molar-refractivity contribution in [3.8, 4) is 5.75 Å². The molecule has 0 fully saturated rings. The number of hydrogen-bond acceptors (Lipinski definition) is 5. The van der Waals surface area contributed by atoms with Crippen LogP contribution in [-0.4, -0.2) is 22.8 Å². The van der Waals surface area contributed by atoms with Gasteiger partial charge in [-0.25, -0.2) is 9.18 Å². The van der Waals surface area contributed by atoms with Gasteiger partial charge in [0.15, 0.2) is 0 Å². The minimum absolute atomic E-state index is 0.218. The molecule has 1 atom stereocenters. The Hall–Kier alpha value is -2.43. The van der Waals surface area contributed by atoms with Gasteiger partial charge in [0.1, 0.15) is 11.6 Å². The predicted molar refractivity (Wildman–Crippen MR) is 80.9 cm³/mol. The molecule has 0 spiro atoms. The lowest BCUT2D eigenvalue weighted by molar-refractivity contribution is -0.138. The van der Waals surface area contributed by atoms with Gasteiger partial charge in [-0.2, -0.15) is 13.2 Å². The summed E-state index contributed by atoms with van der Waals surface area (Å²) in [6.45, 7) is 0.420. The summed E-state index contributed by atoms with van der Waals surface area (Å²) in [5, 5.41) is 9.64. The average Bonchev–Trinajstić information content (AvgIpc) is 2.91.